The van der Waals surface area contributed by atoms with E-state index in [4.69, 9.17) is 5.73 Å². The zero-order valence-corrected chi connectivity index (χ0v) is 8.80. The smallest absolute Gasteiger partial charge is 0.163 e. The molecule has 0 heterocycles. The molecule has 1 rings (SSSR count). The molecule has 0 saturated heterocycles. The highest BCUT2D eigenvalue weighted by Gasteiger charge is 2.21. The van der Waals surface area contributed by atoms with E-state index in [-0.39, 0.29) is 11.1 Å². The largest absolute Gasteiger partial charge is 0.391 e. The molecule has 0 bridgehead atoms. The fourth-order valence-electron chi connectivity index (χ4n) is 1.38. The standard InChI is InChI=1S/C11H15F2NO/c1-3-8(15)11(14)7-5-4-6(2)9(12)10(7)13/h4-5,8,11,15H,3,14H2,1-2H3/t8-,11+/m0/s1. The molecule has 15 heavy (non-hydrogen) atoms. The third kappa shape index (κ3) is 2.33. The number of hydrogen-bond donors (Lipinski definition) is 2. The molecular formula is C11H15F2NO. The lowest BCUT2D eigenvalue weighted by Crippen LogP contribution is -2.26. The highest BCUT2D eigenvalue weighted by atomic mass is 19.2. The molecule has 0 radical (unpaired) electrons. The van der Waals surface area contributed by atoms with Crippen molar-refractivity contribution in [3.63, 3.8) is 0 Å². The summed E-state index contributed by atoms with van der Waals surface area (Å²) in [6, 6.07) is 1.98. The Morgan fingerprint density at radius 2 is 1.93 bits per heavy atom. The Labute approximate surface area is 87.7 Å². The van der Waals surface area contributed by atoms with Crippen LogP contribution in [-0.2, 0) is 0 Å². The van der Waals surface area contributed by atoms with Gasteiger partial charge in [0.15, 0.2) is 11.6 Å². The topological polar surface area (TPSA) is 46.2 Å². The van der Waals surface area contributed by atoms with Crippen LogP contribution in [0.3, 0.4) is 0 Å². The van der Waals surface area contributed by atoms with Crippen LogP contribution in [0.2, 0.25) is 0 Å². The third-order valence-electron chi connectivity index (χ3n) is 2.50. The van der Waals surface area contributed by atoms with E-state index in [2.05, 4.69) is 0 Å². The predicted octanol–water partition coefficient (Wildman–Crippen LogP) is 2.04. The van der Waals surface area contributed by atoms with Crippen LogP contribution in [-0.4, -0.2) is 11.2 Å². The quantitative estimate of drug-likeness (QED) is 0.810. The second-order valence-corrected chi connectivity index (χ2v) is 3.60. The van der Waals surface area contributed by atoms with Gasteiger partial charge in [-0.2, -0.15) is 0 Å². The van der Waals surface area contributed by atoms with E-state index in [0.29, 0.717) is 6.42 Å². The average molecular weight is 215 g/mol. The van der Waals surface area contributed by atoms with Crippen molar-refractivity contribution in [2.24, 2.45) is 5.73 Å². The van der Waals surface area contributed by atoms with Crippen LogP contribution >= 0.6 is 0 Å². The molecule has 0 aliphatic carbocycles. The minimum Gasteiger partial charge on any atom is -0.391 e. The Bertz CT molecular complexity index is 355. The molecule has 3 N–H and O–H groups in total. The van der Waals surface area contributed by atoms with Gasteiger partial charge in [0.2, 0.25) is 0 Å². The van der Waals surface area contributed by atoms with Crippen LogP contribution in [0.25, 0.3) is 0 Å². The molecule has 0 unspecified atom stereocenters. The number of benzene rings is 1. The minimum absolute atomic E-state index is 0.0208. The van der Waals surface area contributed by atoms with E-state index in [0.717, 1.165) is 0 Å². The van der Waals surface area contributed by atoms with Crippen LogP contribution in [0.5, 0.6) is 0 Å². The van der Waals surface area contributed by atoms with Crippen molar-refractivity contribution in [2.45, 2.75) is 32.4 Å². The van der Waals surface area contributed by atoms with Gasteiger partial charge in [0.05, 0.1) is 12.1 Å². The van der Waals surface area contributed by atoms with Gasteiger partial charge in [-0.1, -0.05) is 19.1 Å². The predicted molar refractivity (Wildman–Crippen MR) is 54.3 cm³/mol. The van der Waals surface area contributed by atoms with Crippen molar-refractivity contribution in [1.82, 2.24) is 0 Å². The number of aliphatic hydroxyl groups excluding tert-OH is 1. The first-order chi connectivity index (χ1) is 6.99. The van der Waals surface area contributed by atoms with Gasteiger partial charge in [0.25, 0.3) is 0 Å². The van der Waals surface area contributed by atoms with Crippen molar-refractivity contribution >= 4 is 0 Å². The number of halogens is 2. The molecule has 2 nitrogen and oxygen atoms in total. The Morgan fingerprint density at radius 1 is 1.33 bits per heavy atom. The Morgan fingerprint density at radius 3 is 2.47 bits per heavy atom. The molecule has 1 aromatic carbocycles. The molecule has 0 fully saturated rings. The summed E-state index contributed by atoms with van der Waals surface area (Å²) in [7, 11) is 0. The molecule has 2 atom stereocenters. The summed E-state index contributed by atoms with van der Waals surface area (Å²) >= 11 is 0. The molecular weight excluding hydrogens is 200 g/mol. The number of aliphatic hydroxyl groups is 1. The van der Waals surface area contributed by atoms with E-state index in [9.17, 15) is 13.9 Å². The van der Waals surface area contributed by atoms with Crippen LogP contribution in [0.4, 0.5) is 8.78 Å². The van der Waals surface area contributed by atoms with Gasteiger partial charge in [-0.3, -0.25) is 0 Å². The number of nitrogens with two attached hydrogens (primary N) is 1. The van der Waals surface area contributed by atoms with Gasteiger partial charge < -0.3 is 10.8 Å². The monoisotopic (exact) mass is 215 g/mol. The van der Waals surface area contributed by atoms with Crippen LogP contribution < -0.4 is 5.73 Å². The van der Waals surface area contributed by atoms with Gasteiger partial charge in [-0.05, 0) is 18.9 Å². The van der Waals surface area contributed by atoms with Gasteiger partial charge in [0.1, 0.15) is 0 Å². The Balaban J connectivity index is 3.10. The Hall–Kier alpha value is -1.00. The van der Waals surface area contributed by atoms with E-state index in [1.54, 1.807) is 6.92 Å². The van der Waals surface area contributed by atoms with E-state index in [1.165, 1.54) is 19.1 Å². The molecule has 84 valence electrons. The summed E-state index contributed by atoms with van der Waals surface area (Å²) in [6.07, 6.45) is -0.461. The van der Waals surface area contributed by atoms with E-state index < -0.39 is 23.8 Å². The van der Waals surface area contributed by atoms with Crippen molar-refractivity contribution < 1.29 is 13.9 Å². The second-order valence-electron chi connectivity index (χ2n) is 3.60. The molecule has 0 saturated carbocycles. The van der Waals surface area contributed by atoms with Crippen LogP contribution in [0, 0.1) is 18.6 Å². The van der Waals surface area contributed by atoms with Crippen molar-refractivity contribution in [2.75, 3.05) is 0 Å². The molecule has 0 aromatic heterocycles. The third-order valence-corrected chi connectivity index (χ3v) is 2.50. The van der Waals surface area contributed by atoms with Crippen molar-refractivity contribution in [1.29, 1.82) is 0 Å². The maximum Gasteiger partial charge on any atom is 0.163 e. The maximum absolute atomic E-state index is 13.4. The number of hydrogen-bond acceptors (Lipinski definition) is 2. The first kappa shape index (κ1) is 12.1. The lowest BCUT2D eigenvalue weighted by molar-refractivity contribution is 0.138. The molecule has 0 aliphatic rings. The summed E-state index contributed by atoms with van der Waals surface area (Å²) < 4.78 is 26.7. The summed E-state index contributed by atoms with van der Waals surface area (Å²) in [5.74, 6) is -1.86. The zero-order chi connectivity index (χ0) is 11.6. The molecule has 4 heteroatoms. The fourth-order valence-corrected chi connectivity index (χ4v) is 1.38. The van der Waals surface area contributed by atoms with Crippen molar-refractivity contribution in [3.05, 3.63) is 34.9 Å². The molecule has 0 spiro atoms. The van der Waals surface area contributed by atoms with Gasteiger partial charge in [-0.15, -0.1) is 0 Å². The summed E-state index contributed by atoms with van der Waals surface area (Å²) in [6.45, 7) is 3.21. The fraction of sp³-hybridized carbons (Fsp3) is 0.455. The maximum atomic E-state index is 13.4. The summed E-state index contributed by atoms with van der Waals surface area (Å²) in [4.78, 5) is 0. The normalized spacial score (nSPS) is 15.1. The van der Waals surface area contributed by atoms with Gasteiger partial charge in [0, 0.05) is 5.56 Å². The number of aryl methyl sites for hydroxylation is 1. The molecule has 0 amide bonds. The van der Waals surface area contributed by atoms with Crippen molar-refractivity contribution in [3.8, 4) is 0 Å². The summed E-state index contributed by atoms with van der Waals surface area (Å²) in [5, 5.41) is 9.45. The van der Waals surface area contributed by atoms with Crippen LogP contribution in [0.15, 0.2) is 12.1 Å². The Kier molecular flexibility index (Phi) is 3.77. The van der Waals surface area contributed by atoms with Crippen LogP contribution in [0.1, 0.15) is 30.5 Å². The lowest BCUT2D eigenvalue weighted by atomic mass is 9.98. The first-order valence-electron chi connectivity index (χ1n) is 4.87. The van der Waals surface area contributed by atoms with Gasteiger partial charge >= 0.3 is 0 Å². The molecule has 1 aromatic rings. The number of rotatable bonds is 3. The van der Waals surface area contributed by atoms with E-state index >= 15 is 0 Å². The zero-order valence-electron chi connectivity index (χ0n) is 8.80. The second kappa shape index (κ2) is 4.68. The lowest BCUT2D eigenvalue weighted by Gasteiger charge is -2.18. The highest BCUT2D eigenvalue weighted by Crippen LogP contribution is 2.23. The first-order valence-corrected chi connectivity index (χ1v) is 4.87. The minimum atomic E-state index is -0.963. The van der Waals surface area contributed by atoms with Gasteiger partial charge in [-0.25, -0.2) is 8.78 Å². The van der Waals surface area contributed by atoms with E-state index in [1.807, 2.05) is 0 Å². The highest BCUT2D eigenvalue weighted by molar-refractivity contribution is 5.28. The average Bonchev–Trinajstić information content (AvgIpc) is 2.24. The molecule has 0 aliphatic heterocycles. The summed E-state index contributed by atoms with van der Waals surface area (Å²) in [5.41, 5.74) is 5.86. The SMILES string of the molecule is CC[C@H](O)[C@H](N)c1ccc(C)c(F)c1F.